The summed E-state index contributed by atoms with van der Waals surface area (Å²) in [7, 11) is 0. The maximum absolute atomic E-state index is 12.4. The number of carboxylic acids is 1. The van der Waals surface area contributed by atoms with E-state index >= 15 is 0 Å². The first-order valence-corrected chi connectivity index (χ1v) is 14.5. The van der Waals surface area contributed by atoms with Gasteiger partial charge in [-0.2, -0.15) is 4.98 Å². The first-order valence-electron chi connectivity index (χ1n) is 13.8. The van der Waals surface area contributed by atoms with Gasteiger partial charge in [-0.05, 0) is 48.2 Å². The summed E-state index contributed by atoms with van der Waals surface area (Å²) in [4.78, 5) is 29.7. The number of aromatic nitrogens is 2. The second-order valence-electron chi connectivity index (χ2n) is 9.82. The maximum Gasteiger partial charge on any atom is 0.394 e. The molecule has 3 aromatic rings. The van der Waals surface area contributed by atoms with Crippen molar-refractivity contribution in [2.45, 2.75) is 84.1 Å². The van der Waals surface area contributed by atoms with Gasteiger partial charge in [0.15, 0.2) is 5.82 Å². The lowest BCUT2D eigenvalue weighted by Crippen LogP contribution is -2.37. The molecule has 0 saturated heterocycles. The summed E-state index contributed by atoms with van der Waals surface area (Å²) in [5, 5.41) is 14.3. The molecule has 1 N–H and O–H groups in total. The number of nitrogens with zero attached hydrogens (tertiary/aromatic N) is 3. The Morgan fingerprint density at radius 1 is 0.872 bits per heavy atom. The summed E-state index contributed by atoms with van der Waals surface area (Å²) in [6.07, 6.45) is 12.5. The molecule has 1 amide bonds. The number of hydrogen-bond acceptors (Lipinski definition) is 5. The second-order valence-corrected chi connectivity index (χ2v) is 10.6. The molecule has 2 aromatic carbocycles. The van der Waals surface area contributed by atoms with Crippen LogP contribution in [-0.2, 0) is 29.0 Å². The normalized spacial score (nSPS) is 11.1. The zero-order valence-corrected chi connectivity index (χ0v) is 24.0. The van der Waals surface area contributed by atoms with Gasteiger partial charge in [-0.1, -0.05) is 105 Å². The number of rotatable bonds is 16. The van der Waals surface area contributed by atoms with Gasteiger partial charge in [0, 0.05) is 25.1 Å². The number of hydrogen-bond donors (Lipinski definition) is 1. The van der Waals surface area contributed by atoms with Crippen LogP contribution < -0.4 is 0 Å². The van der Waals surface area contributed by atoms with E-state index in [4.69, 9.17) is 27.7 Å². The van der Waals surface area contributed by atoms with Crippen LogP contribution in [0.2, 0.25) is 10.0 Å². The average molecular weight is 575 g/mol. The second kappa shape index (κ2) is 16.3. The van der Waals surface area contributed by atoms with Crippen LogP contribution in [-0.4, -0.2) is 38.6 Å². The van der Waals surface area contributed by atoms with Gasteiger partial charge in [-0.3, -0.25) is 4.79 Å². The number of benzene rings is 2. The zero-order valence-electron chi connectivity index (χ0n) is 22.5. The molecule has 1 aromatic heterocycles. The fourth-order valence-electron chi connectivity index (χ4n) is 4.44. The zero-order chi connectivity index (χ0) is 28.0. The van der Waals surface area contributed by atoms with Crippen molar-refractivity contribution in [1.82, 2.24) is 15.0 Å². The third kappa shape index (κ3) is 10.3. The van der Waals surface area contributed by atoms with Crippen molar-refractivity contribution in [2.75, 3.05) is 6.54 Å². The SMILES string of the molecule is CCCCCCCCCCCc1noc(-c2cccc(CN(CCc3ccc(Cl)c(Cl)c3)C(=O)C(=O)O)c2)n1. The summed E-state index contributed by atoms with van der Waals surface area (Å²) in [5.41, 5.74) is 2.34. The molecule has 0 aliphatic rings. The average Bonchev–Trinajstić information content (AvgIpc) is 3.40. The van der Waals surface area contributed by atoms with Gasteiger partial charge in [0.2, 0.25) is 0 Å². The smallest absolute Gasteiger partial charge is 0.394 e. The van der Waals surface area contributed by atoms with Crippen LogP contribution in [0.5, 0.6) is 0 Å². The van der Waals surface area contributed by atoms with Crippen LogP contribution in [0.15, 0.2) is 47.0 Å². The van der Waals surface area contributed by atoms with E-state index in [2.05, 4.69) is 17.1 Å². The Balaban J connectivity index is 1.54. The van der Waals surface area contributed by atoms with Crippen molar-refractivity contribution >= 4 is 35.1 Å². The topological polar surface area (TPSA) is 96.5 Å². The number of carbonyl (C=O) groups excluding carboxylic acids is 1. The van der Waals surface area contributed by atoms with E-state index < -0.39 is 11.9 Å². The largest absolute Gasteiger partial charge is 0.474 e. The molecule has 0 fully saturated rings. The highest BCUT2D eigenvalue weighted by atomic mass is 35.5. The molecule has 0 saturated carbocycles. The molecule has 0 bridgehead atoms. The Labute approximate surface area is 240 Å². The molecule has 210 valence electrons. The number of unbranched alkanes of at least 4 members (excludes halogenated alkanes) is 8. The van der Waals surface area contributed by atoms with E-state index in [-0.39, 0.29) is 13.1 Å². The lowest BCUT2D eigenvalue weighted by molar-refractivity contribution is -0.156. The van der Waals surface area contributed by atoms with E-state index in [1.165, 1.54) is 49.8 Å². The number of carbonyl (C=O) groups is 2. The fourth-order valence-corrected chi connectivity index (χ4v) is 4.76. The Hall–Kier alpha value is -2.90. The summed E-state index contributed by atoms with van der Waals surface area (Å²) in [6, 6.07) is 12.6. The van der Waals surface area contributed by atoms with E-state index in [1.807, 2.05) is 24.3 Å². The number of halogens is 2. The number of amides is 1. The molecular formula is C30H37Cl2N3O4. The highest BCUT2D eigenvalue weighted by Gasteiger charge is 2.21. The molecule has 1 heterocycles. The Morgan fingerprint density at radius 2 is 1.59 bits per heavy atom. The van der Waals surface area contributed by atoms with Crippen molar-refractivity contribution in [3.05, 3.63) is 69.5 Å². The van der Waals surface area contributed by atoms with E-state index in [0.29, 0.717) is 28.2 Å². The Bertz CT molecular complexity index is 1210. The van der Waals surface area contributed by atoms with E-state index in [9.17, 15) is 14.7 Å². The van der Waals surface area contributed by atoms with Crippen LogP contribution in [0.3, 0.4) is 0 Å². The summed E-state index contributed by atoms with van der Waals surface area (Å²) < 4.78 is 5.50. The molecule has 0 aliphatic carbocycles. The molecule has 0 unspecified atom stereocenters. The molecule has 0 spiro atoms. The molecule has 0 aliphatic heterocycles. The molecule has 0 radical (unpaired) electrons. The third-order valence-corrected chi connectivity index (χ3v) is 7.38. The van der Waals surface area contributed by atoms with Crippen molar-refractivity contribution in [2.24, 2.45) is 0 Å². The highest BCUT2D eigenvalue weighted by molar-refractivity contribution is 6.42. The lowest BCUT2D eigenvalue weighted by Gasteiger charge is -2.21. The van der Waals surface area contributed by atoms with E-state index in [1.54, 1.807) is 18.2 Å². The van der Waals surface area contributed by atoms with Crippen LogP contribution >= 0.6 is 23.2 Å². The molecule has 3 rings (SSSR count). The Morgan fingerprint density at radius 3 is 2.28 bits per heavy atom. The monoisotopic (exact) mass is 573 g/mol. The van der Waals surface area contributed by atoms with Gasteiger partial charge >= 0.3 is 11.9 Å². The maximum atomic E-state index is 12.4. The minimum atomic E-state index is -1.50. The Kier molecular flexibility index (Phi) is 12.8. The van der Waals surface area contributed by atoms with Gasteiger partial charge in [0.1, 0.15) is 0 Å². The third-order valence-electron chi connectivity index (χ3n) is 6.64. The predicted molar refractivity (Wildman–Crippen MR) is 154 cm³/mol. The predicted octanol–water partition coefficient (Wildman–Crippen LogP) is 7.77. The van der Waals surface area contributed by atoms with Gasteiger partial charge in [-0.25, -0.2) is 4.79 Å². The summed E-state index contributed by atoms with van der Waals surface area (Å²) in [6.45, 7) is 2.57. The van der Waals surface area contributed by atoms with E-state index in [0.717, 1.165) is 36.0 Å². The highest BCUT2D eigenvalue weighted by Crippen LogP contribution is 2.24. The molecule has 7 nitrogen and oxygen atoms in total. The summed E-state index contributed by atoms with van der Waals surface area (Å²) in [5.74, 6) is -1.38. The van der Waals surface area contributed by atoms with Crippen molar-refractivity contribution in [3.63, 3.8) is 0 Å². The lowest BCUT2D eigenvalue weighted by atomic mass is 10.1. The van der Waals surface area contributed by atoms with Gasteiger partial charge in [-0.15, -0.1) is 0 Å². The molecule has 39 heavy (non-hydrogen) atoms. The first kappa shape index (κ1) is 30.6. The minimum absolute atomic E-state index is 0.125. The molecule has 9 heteroatoms. The molecule has 0 atom stereocenters. The number of aliphatic carboxylic acids is 1. The quantitative estimate of drug-likeness (QED) is 0.139. The summed E-state index contributed by atoms with van der Waals surface area (Å²) >= 11 is 12.1. The van der Waals surface area contributed by atoms with Gasteiger partial charge in [0.05, 0.1) is 10.0 Å². The van der Waals surface area contributed by atoms with Crippen molar-refractivity contribution in [1.29, 1.82) is 0 Å². The van der Waals surface area contributed by atoms with Crippen LogP contribution in [0.25, 0.3) is 11.5 Å². The minimum Gasteiger partial charge on any atom is -0.474 e. The van der Waals surface area contributed by atoms with Gasteiger partial charge < -0.3 is 14.5 Å². The van der Waals surface area contributed by atoms with Crippen LogP contribution in [0, 0.1) is 0 Å². The number of aryl methyl sites for hydroxylation is 1. The van der Waals surface area contributed by atoms with Gasteiger partial charge in [0.25, 0.3) is 5.89 Å². The van der Waals surface area contributed by atoms with Crippen molar-refractivity contribution in [3.8, 4) is 11.5 Å². The fraction of sp³-hybridized carbons (Fsp3) is 0.467. The van der Waals surface area contributed by atoms with Crippen molar-refractivity contribution < 1.29 is 19.2 Å². The standard InChI is InChI=1S/C30H37Cl2N3O4/c1-2-3-4-5-6-7-8-9-10-14-27-33-28(39-34-27)24-13-11-12-23(19-24)21-35(29(36)30(37)38)18-17-22-15-16-25(31)26(32)20-22/h11-13,15-16,19-20H,2-10,14,17-18,21H2,1H3,(H,37,38). The number of carboxylic acid groups (broad SMARTS) is 1. The van der Waals surface area contributed by atoms with Crippen LogP contribution in [0.1, 0.15) is 81.7 Å². The molecular weight excluding hydrogens is 537 g/mol. The first-order chi connectivity index (χ1) is 18.9. The van der Waals surface area contributed by atoms with Crippen LogP contribution in [0.4, 0.5) is 0 Å².